The van der Waals surface area contributed by atoms with E-state index in [9.17, 15) is 13.2 Å². The second kappa shape index (κ2) is 4.69. The van der Waals surface area contributed by atoms with Gasteiger partial charge in [-0.15, -0.1) is 0 Å². The Kier molecular flexibility index (Phi) is 3.40. The Morgan fingerprint density at radius 2 is 2.33 bits per heavy atom. The van der Waals surface area contributed by atoms with Crippen molar-refractivity contribution in [2.45, 2.75) is 25.8 Å². The molecule has 2 N–H and O–H groups in total. The zero-order valence-electron chi connectivity index (χ0n) is 10.3. The highest BCUT2D eigenvalue weighted by atomic mass is 32.2. The average Bonchev–Trinajstić information content (AvgIpc) is 2.85. The highest BCUT2D eigenvalue weighted by molar-refractivity contribution is 7.88. The molecule has 2 rings (SSSR count). The van der Waals surface area contributed by atoms with Crippen LogP contribution in [0.4, 0.5) is 5.82 Å². The van der Waals surface area contributed by atoms with Gasteiger partial charge < -0.3 is 5.32 Å². The molecule has 0 spiro atoms. The van der Waals surface area contributed by atoms with Crippen LogP contribution in [0.15, 0.2) is 6.07 Å². The van der Waals surface area contributed by atoms with Gasteiger partial charge in [0.05, 0.1) is 6.26 Å². The normalized spacial score (nSPS) is 21.1. The number of aryl methyl sites for hydroxylation is 1. The molecule has 0 aliphatic carbocycles. The molecular weight excluding hydrogens is 256 g/mol. The summed E-state index contributed by atoms with van der Waals surface area (Å²) in [7, 11) is -3.34. The molecule has 1 amide bonds. The van der Waals surface area contributed by atoms with Gasteiger partial charge in [0.25, 0.3) is 0 Å². The Bertz CT molecular complexity index is 551. The number of H-pyrrole nitrogens is 1. The van der Waals surface area contributed by atoms with Gasteiger partial charge in [0.2, 0.25) is 15.9 Å². The minimum atomic E-state index is -3.34. The van der Waals surface area contributed by atoms with E-state index in [1.807, 2.05) is 6.92 Å². The summed E-state index contributed by atoms with van der Waals surface area (Å²) in [6, 6.07) is 1.06. The number of carbonyl (C=O) groups excluding carboxylic acids is 1. The number of aromatic amines is 1. The van der Waals surface area contributed by atoms with E-state index in [4.69, 9.17) is 0 Å². The van der Waals surface area contributed by atoms with Crippen molar-refractivity contribution in [1.82, 2.24) is 14.5 Å². The molecule has 1 unspecified atom stereocenters. The van der Waals surface area contributed by atoms with E-state index in [-0.39, 0.29) is 5.91 Å². The van der Waals surface area contributed by atoms with E-state index < -0.39 is 16.1 Å². The highest BCUT2D eigenvalue weighted by Crippen LogP contribution is 2.21. The third-order valence-electron chi connectivity index (χ3n) is 2.89. The van der Waals surface area contributed by atoms with Crippen molar-refractivity contribution < 1.29 is 13.2 Å². The summed E-state index contributed by atoms with van der Waals surface area (Å²) >= 11 is 0. The summed E-state index contributed by atoms with van der Waals surface area (Å²) in [5, 5.41) is 9.22. The molecule has 8 heteroatoms. The number of hydrogen-bond donors (Lipinski definition) is 2. The smallest absolute Gasteiger partial charge is 0.244 e. The Morgan fingerprint density at radius 3 is 2.89 bits per heavy atom. The number of nitrogens with zero attached hydrogens (tertiary/aromatic N) is 2. The summed E-state index contributed by atoms with van der Waals surface area (Å²) in [5.74, 6) is 0.0854. The van der Waals surface area contributed by atoms with Gasteiger partial charge in [-0.25, -0.2) is 8.42 Å². The van der Waals surface area contributed by atoms with Crippen LogP contribution in [0.3, 0.4) is 0 Å². The molecule has 1 aromatic rings. The maximum atomic E-state index is 12.0. The lowest BCUT2D eigenvalue weighted by Gasteiger charge is -2.20. The third kappa shape index (κ3) is 2.70. The predicted octanol–water partition coefficient (Wildman–Crippen LogP) is 0.0806. The molecule has 0 radical (unpaired) electrons. The van der Waals surface area contributed by atoms with E-state index in [0.29, 0.717) is 25.2 Å². The van der Waals surface area contributed by atoms with Gasteiger partial charge in [-0.1, -0.05) is 0 Å². The highest BCUT2D eigenvalue weighted by Gasteiger charge is 2.36. The Hall–Kier alpha value is -1.41. The minimum Gasteiger partial charge on any atom is -0.308 e. The van der Waals surface area contributed by atoms with Crippen LogP contribution in [0.2, 0.25) is 0 Å². The lowest BCUT2D eigenvalue weighted by atomic mass is 10.2. The third-order valence-corrected chi connectivity index (χ3v) is 4.18. The molecule has 7 nitrogen and oxygen atoms in total. The van der Waals surface area contributed by atoms with Crippen molar-refractivity contribution in [3.05, 3.63) is 11.8 Å². The van der Waals surface area contributed by atoms with Crippen LogP contribution in [0.1, 0.15) is 18.5 Å². The van der Waals surface area contributed by atoms with Gasteiger partial charge >= 0.3 is 0 Å². The van der Waals surface area contributed by atoms with Crippen LogP contribution in [0, 0.1) is 6.92 Å². The number of carbonyl (C=O) groups is 1. The number of sulfonamides is 1. The largest absolute Gasteiger partial charge is 0.308 e. The van der Waals surface area contributed by atoms with Crippen molar-refractivity contribution in [3.63, 3.8) is 0 Å². The van der Waals surface area contributed by atoms with Crippen LogP contribution < -0.4 is 5.32 Å². The van der Waals surface area contributed by atoms with Crippen LogP contribution in [0.25, 0.3) is 0 Å². The number of hydrogen-bond acceptors (Lipinski definition) is 4. The molecule has 2 heterocycles. The SMILES string of the molecule is Cc1cc(NC(=O)C2CCCN2S(C)(=O)=O)n[nH]1. The number of aromatic nitrogens is 2. The first-order valence-corrected chi connectivity index (χ1v) is 7.52. The Morgan fingerprint density at radius 1 is 1.61 bits per heavy atom. The molecule has 1 aliphatic heterocycles. The fourth-order valence-corrected chi connectivity index (χ4v) is 3.21. The molecule has 1 saturated heterocycles. The quantitative estimate of drug-likeness (QED) is 0.814. The van der Waals surface area contributed by atoms with Gasteiger partial charge in [-0.3, -0.25) is 9.89 Å². The Labute approximate surface area is 106 Å². The van der Waals surface area contributed by atoms with Gasteiger partial charge in [0.1, 0.15) is 6.04 Å². The van der Waals surface area contributed by atoms with Gasteiger partial charge in [0, 0.05) is 18.3 Å². The zero-order chi connectivity index (χ0) is 13.3. The molecule has 1 aliphatic rings. The van der Waals surface area contributed by atoms with Crippen molar-refractivity contribution in [2.24, 2.45) is 0 Å². The first kappa shape index (κ1) is 13.0. The lowest BCUT2D eigenvalue weighted by molar-refractivity contribution is -0.119. The fraction of sp³-hybridized carbons (Fsp3) is 0.600. The van der Waals surface area contributed by atoms with Gasteiger partial charge in [-0.2, -0.15) is 9.40 Å². The summed E-state index contributed by atoms with van der Waals surface area (Å²) in [4.78, 5) is 12.0. The second-order valence-corrected chi connectivity index (χ2v) is 6.39. The van der Waals surface area contributed by atoms with Crippen molar-refractivity contribution >= 4 is 21.7 Å². The molecule has 1 atom stereocenters. The summed E-state index contributed by atoms with van der Waals surface area (Å²) in [6.07, 6.45) is 2.37. The standard InChI is InChI=1S/C10H16N4O3S/c1-7-6-9(13-12-7)11-10(15)8-4-3-5-14(8)18(2,16)17/h6,8H,3-5H2,1-2H3,(H2,11,12,13,15). The molecule has 1 aromatic heterocycles. The van der Waals surface area contributed by atoms with Gasteiger partial charge in [0.15, 0.2) is 5.82 Å². The number of amides is 1. The predicted molar refractivity (Wildman–Crippen MR) is 66.5 cm³/mol. The number of rotatable bonds is 3. The van der Waals surface area contributed by atoms with E-state index in [0.717, 1.165) is 11.9 Å². The molecule has 0 saturated carbocycles. The van der Waals surface area contributed by atoms with Crippen molar-refractivity contribution in [2.75, 3.05) is 18.1 Å². The monoisotopic (exact) mass is 272 g/mol. The summed E-state index contributed by atoms with van der Waals surface area (Å²) in [6.45, 7) is 2.22. The zero-order valence-corrected chi connectivity index (χ0v) is 11.1. The first-order valence-electron chi connectivity index (χ1n) is 5.67. The molecule has 1 fully saturated rings. The fourth-order valence-electron chi connectivity index (χ4n) is 2.09. The molecule has 18 heavy (non-hydrogen) atoms. The van der Waals surface area contributed by atoms with Crippen LogP contribution in [-0.4, -0.2) is 47.7 Å². The van der Waals surface area contributed by atoms with E-state index in [1.165, 1.54) is 4.31 Å². The van der Waals surface area contributed by atoms with E-state index in [1.54, 1.807) is 6.07 Å². The topological polar surface area (TPSA) is 95.2 Å². The maximum Gasteiger partial charge on any atom is 0.244 e. The Balaban J connectivity index is 2.09. The van der Waals surface area contributed by atoms with Gasteiger partial charge in [-0.05, 0) is 19.8 Å². The molecule has 0 aromatic carbocycles. The average molecular weight is 272 g/mol. The van der Waals surface area contributed by atoms with E-state index >= 15 is 0 Å². The second-order valence-electron chi connectivity index (χ2n) is 4.46. The molecule has 0 bridgehead atoms. The van der Waals surface area contributed by atoms with Crippen LogP contribution in [-0.2, 0) is 14.8 Å². The summed E-state index contributed by atoms with van der Waals surface area (Å²) < 4.78 is 24.3. The number of nitrogens with one attached hydrogen (secondary N) is 2. The van der Waals surface area contributed by atoms with Crippen LogP contribution >= 0.6 is 0 Å². The summed E-state index contributed by atoms with van der Waals surface area (Å²) in [5.41, 5.74) is 0.830. The maximum absolute atomic E-state index is 12.0. The number of anilines is 1. The van der Waals surface area contributed by atoms with Crippen molar-refractivity contribution in [1.29, 1.82) is 0 Å². The first-order chi connectivity index (χ1) is 8.38. The molecular formula is C10H16N4O3S. The minimum absolute atomic E-state index is 0.329. The molecule has 100 valence electrons. The van der Waals surface area contributed by atoms with E-state index in [2.05, 4.69) is 15.5 Å². The lowest BCUT2D eigenvalue weighted by Crippen LogP contribution is -2.42. The van der Waals surface area contributed by atoms with Crippen molar-refractivity contribution in [3.8, 4) is 0 Å². The van der Waals surface area contributed by atoms with Crippen LogP contribution in [0.5, 0.6) is 0 Å².